The van der Waals surface area contributed by atoms with Crippen molar-refractivity contribution in [1.29, 1.82) is 5.41 Å². The van der Waals surface area contributed by atoms with Crippen molar-refractivity contribution in [2.24, 2.45) is 5.73 Å². The summed E-state index contributed by atoms with van der Waals surface area (Å²) in [4.78, 5) is 1.20. The Bertz CT molecular complexity index is 538. The molecule has 0 saturated heterocycles. The molecule has 0 saturated carbocycles. The van der Waals surface area contributed by atoms with Gasteiger partial charge in [-0.1, -0.05) is 6.07 Å². The van der Waals surface area contributed by atoms with E-state index in [0.717, 1.165) is 22.4 Å². The van der Waals surface area contributed by atoms with Crippen LogP contribution in [-0.2, 0) is 6.61 Å². The summed E-state index contributed by atoms with van der Waals surface area (Å²) in [6, 6.07) is 7.85. The zero-order valence-electron chi connectivity index (χ0n) is 10.5. The Morgan fingerprint density at radius 2 is 2.00 bits per heavy atom. The first-order valence-electron chi connectivity index (χ1n) is 5.68. The van der Waals surface area contributed by atoms with Gasteiger partial charge in [0.05, 0.1) is 0 Å². The maximum atomic E-state index is 7.45. The van der Waals surface area contributed by atoms with Gasteiger partial charge in [-0.15, -0.1) is 11.3 Å². The first kappa shape index (κ1) is 12.6. The second-order valence-electron chi connectivity index (χ2n) is 4.22. The molecule has 0 fully saturated rings. The number of hydrogen-bond acceptors (Lipinski definition) is 3. The molecule has 0 unspecified atom stereocenters. The molecule has 3 nitrogen and oxygen atoms in total. The number of rotatable bonds is 4. The van der Waals surface area contributed by atoms with Gasteiger partial charge < -0.3 is 10.5 Å². The molecule has 1 aromatic heterocycles. The number of thiophene rings is 1. The topological polar surface area (TPSA) is 59.1 Å². The number of benzene rings is 1. The molecule has 1 aromatic carbocycles. The van der Waals surface area contributed by atoms with E-state index in [1.165, 1.54) is 4.88 Å². The van der Waals surface area contributed by atoms with Crippen LogP contribution in [0.3, 0.4) is 0 Å². The highest BCUT2D eigenvalue weighted by Crippen LogP contribution is 2.26. The molecule has 2 rings (SSSR count). The fraction of sp³-hybridized carbons (Fsp3) is 0.214. The third-order valence-corrected chi connectivity index (χ3v) is 3.56. The van der Waals surface area contributed by atoms with E-state index in [0.29, 0.717) is 6.61 Å². The minimum Gasteiger partial charge on any atom is -0.488 e. The lowest BCUT2D eigenvalue weighted by Crippen LogP contribution is -2.12. The van der Waals surface area contributed by atoms with E-state index >= 15 is 0 Å². The molecule has 0 bridgehead atoms. The van der Waals surface area contributed by atoms with Gasteiger partial charge in [-0.05, 0) is 48.6 Å². The van der Waals surface area contributed by atoms with Gasteiger partial charge in [0, 0.05) is 10.4 Å². The first-order valence-corrected chi connectivity index (χ1v) is 6.56. The van der Waals surface area contributed by atoms with Crippen LogP contribution in [0.2, 0.25) is 0 Å². The van der Waals surface area contributed by atoms with E-state index in [4.69, 9.17) is 15.9 Å². The highest BCUT2D eigenvalue weighted by atomic mass is 32.1. The van der Waals surface area contributed by atoms with Gasteiger partial charge in [0.25, 0.3) is 0 Å². The molecule has 0 amide bonds. The predicted molar refractivity (Wildman–Crippen MR) is 75.6 cm³/mol. The minimum absolute atomic E-state index is 0.0889. The Hall–Kier alpha value is -1.81. The third-order valence-electron chi connectivity index (χ3n) is 2.71. The van der Waals surface area contributed by atoms with Gasteiger partial charge in [0.1, 0.15) is 18.2 Å². The van der Waals surface area contributed by atoms with Crippen LogP contribution in [0.4, 0.5) is 0 Å². The number of ether oxygens (including phenoxy) is 1. The smallest absolute Gasteiger partial charge is 0.125 e. The van der Waals surface area contributed by atoms with E-state index in [1.807, 2.05) is 37.4 Å². The fourth-order valence-corrected chi connectivity index (χ4v) is 2.49. The van der Waals surface area contributed by atoms with Crippen molar-refractivity contribution in [2.75, 3.05) is 0 Å². The summed E-state index contributed by atoms with van der Waals surface area (Å²) in [5.41, 5.74) is 8.26. The molecule has 4 heteroatoms. The second-order valence-corrected chi connectivity index (χ2v) is 5.25. The minimum atomic E-state index is 0.0889. The van der Waals surface area contributed by atoms with Crippen molar-refractivity contribution in [2.45, 2.75) is 20.5 Å². The summed E-state index contributed by atoms with van der Waals surface area (Å²) in [6.45, 7) is 4.53. The Morgan fingerprint density at radius 3 is 2.50 bits per heavy atom. The molecule has 0 aliphatic rings. The maximum Gasteiger partial charge on any atom is 0.125 e. The van der Waals surface area contributed by atoms with Crippen LogP contribution >= 0.6 is 11.3 Å². The van der Waals surface area contributed by atoms with Crippen molar-refractivity contribution in [1.82, 2.24) is 0 Å². The Labute approximate surface area is 111 Å². The van der Waals surface area contributed by atoms with Crippen LogP contribution in [-0.4, -0.2) is 5.84 Å². The summed E-state index contributed by atoms with van der Waals surface area (Å²) >= 11 is 1.68. The van der Waals surface area contributed by atoms with E-state index in [2.05, 4.69) is 6.07 Å². The zero-order valence-corrected chi connectivity index (χ0v) is 11.3. The standard InChI is InChI=1S/C14H16N2OS/c1-9-6-11(14(15)16)7-10(2)13(9)17-8-12-4-3-5-18-12/h3-7H,8H2,1-2H3,(H3,15,16). The van der Waals surface area contributed by atoms with E-state index in [1.54, 1.807) is 11.3 Å². The SMILES string of the molecule is Cc1cc(C(=N)N)cc(C)c1OCc1cccs1. The average Bonchev–Trinajstić information content (AvgIpc) is 2.80. The predicted octanol–water partition coefficient (Wildman–Crippen LogP) is 3.23. The van der Waals surface area contributed by atoms with Crippen LogP contribution in [0.25, 0.3) is 0 Å². The van der Waals surface area contributed by atoms with E-state index < -0.39 is 0 Å². The molecule has 0 radical (unpaired) electrons. The molecule has 0 spiro atoms. The van der Waals surface area contributed by atoms with Crippen molar-refractivity contribution < 1.29 is 4.74 Å². The Balaban J connectivity index is 2.20. The summed E-state index contributed by atoms with van der Waals surface area (Å²) in [5, 5.41) is 9.49. The van der Waals surface area contributed by atoms with E-state index in [-0.39, 0.29) is 5.84 Å². The molecule has 94 valence electrons. The summed E-state index contributed by atoms with van der Waals surface area (Å²) < 4.78 is 5.85. The maximum absolute atomic E-state index is 7.45. The van der Waals surface area contributed by atoms with Gasteiger partial charge in [-0.3, -0.25) is 5.41 Å². The van der Waals surface area contributed by atoms with Gasteiger partial charge in [0.2, 0.25) is 0 Å². The number of nitrogen functional groups attached to an aromatic ring is 1. The molecule has 1 heterocycles. The molecular formula is C14H16N2OS. The molecule has 18 heavy (non-hydrogen) atoms. The number of hydrogen-bond donors (Lipinski definition) is 2. The summed E-state index contributed by atoms with van der Waals surface area (Å²) in [6.07, 6.45) is 0. The monoisotopic (exact) mass is 260 g/mol. The highest BCUT2D eigenvalue weighted by molar-refractivity contribution is 7.09. The fourth-order valence-electron chi connectivity index (χ4n) is 1.87. The lowest BCUT2D eigenvalue weighted by atomic mass is 10.1. The molecule has 0 atom stereocenters. The molecule has 0 aliphatic carbocycles. The van der Waals surface area contributed by atoms with Gasteiger partial charge >= 0.3 is 0 Å². The second kappa shape index (κ2) is 5.23. The molecule has 3 N–H and O–H groups in total. The third kappa shape index (κ3) is 2.71. The number of aryl methyl sites for hydroxylation is 2. The van der Waals surface area contributed by atoms with Crippen molar-refractivity contribution in [3.8, 4) is 5.75 Å². The lowest BCUT2D eigenvalue weighted by molar-refractivity contribution is 0.305. The van der Waals surface area contributed by atoms with E-state index in [9.17, 15) is 0 Å². The number of nitrogens with two attached hydrogens (primary N) is 1. The highest BCUT2D eigenvalue weighted by Gasteiger charge is 2.08. The molecule has 0 aliphatic heterocycles. The first-order chi connectivity index (χ1) is 8.58. The van der Waals surface area contributed by atoms with Crippen LogP contribution in [0.15, 0.2) is 29.6 Å². The van der Waals surface area contributed by atoms with Crippen molar-refractivity contribution in [3.05, 3.63) is 51.2 Å². The van der Waals surface area contributed by atoms with Gasteiger partial charge in [-0.2, -0.15) is 0 Å². The summed E-state index contributed by atoms with van der Waals surface area (Å²) in [7, 11) is 0. The van der Waals surface area contributed by atoms with Gasteiger partial charge in [-0.25, -0.2) is 0 Å². The normalized spacial score (nSPS) is 10.3. The lowest BCUT2D eigenvalue weighted by Gasteiger charge is -2.13. The summed E-state index contributed by atoms with van der Waals surface area (Å²) in [5.74, 6) is 0.972. The molecule has 2 aromatic rings. The van der Waals surface area contributed by atoms with Crippen LogP contribution in [0.1, 0.15) is 21.6 Å². The van der Waals surface area contributed by atoms with Crippen LogP contribution in [0.5, 0.6) is 5.75 Å². The van der Waals surface area contributed by atoms with Crippen LogP contribution < -0.4 is 10.5 Å². The average molecular weight is 260 g/mol. The number of amidine groups is 1. The largest absolute Gasteiger partial charge is 0.488 e. The Morgan fingerprint density at radius 1 is 1.33 bits per heavy atom. The number of nitrogens with one attached hydrogen (secondary N) is 1. The zero-order chi connectivity index (χ0) is 13.1. The van der Waals surface area contributed by atoms with Crippen molar-refractivity contribution >= 4 is 17.2 Å². The Kier molecular flexibility index (Phi) is 3.67. The quantitative estimate of drug-likeness (QED) is 0.655. The van der Waals surface area contributed by atoms with Crippen LogP contribution in [0, 0.1) is 19.3 Å². The molecular weight excluding hydrogens is 244 g/mol. The van der Waals surface area contributed by atoms with Crippen molar-refractivity contribution in [3.63, 3.8) is 0 Å². The van der Waals surface area contributed by atoms with Gasteiger partial charge in [0.15, 0.2) is 0 Å².